The van der Waals surface area contributed by atoms with Gasteiger partial charge in [-0.2, -0.15) is 0 Å². The second-order valence-electron chi connectivity index (χ2n) is 5.96. The summed E-state index contributed by atoms with van der Waals surface area (Å²) >= 11 is 12.2. The van der Waals surface area contributed by atoms with Crippen molar-refractivity contribution in [2.45, 2.75) is 45.1 Å². The summed E-state index contributed by atoms with van der Waals surface area (Å²) in [6.07, 6.45) is -0.809. The van der Waals surface area contributed by atoms with Crippen LogP contribution in [0.2, 0.25) is 10.0 Å². The molecule has 5 nitrogen and oxygen atoms in total. The number of imidazole rings is 1. The molecule has 1 saturated heterocycles. The Morgan fingerprint density at radius 3 is 2.64 bits per heavy atom. The number of anilines is 1. The Hall–Kier alpha value is -1.01. The lowest BCUT2D eigenvalue weighted by Gasteiger charge is -2.21. The predicted octanol–water partition coefficient (Wildman–Crippen LogP) is 3.48. The van der Waals surface area contributed by atoms with Crippen LogP contribution in [0.1, 0.15) is 26.8 Å². The Kier molecular flexibility index (Phi) is 4.25. The average molecular weight is 344 g/mol. The highest BCUT2D eigenvalue weighted by atomic mass is 35.5. The van der Waals surface area contributed by atoms with Crippen molar-refractivity contribution in [1.82, 2.24) is 9.55 Å². The first kappa shape index (κ1) is 15.9. The van der Waals surface area contributed by atoms with Gasteiger partial charge in [0.15, 0.2) is 0 Å². The Labute approximate surface area is 139 Å². The molecule has 0 amide bonds. The quantitative estimate of drug-likeness (QED) is 0.895. The van der Waals surface area contributed by atoms with E-state index in [-0.39, 0.29) is 18.2 Å². The number of hydrogen-bond acceptors (Lipinski definition) is 4. The summed E-state index contributed by atoms with van der Waals surface area (Å²) in [5, 5.41) is 14.7. The highest BCUT2D eigenvalue weighted by Crippen LogP contribution is 2.35. The molecule has 7 heteroatoms. The number of benzene rings is 1. The number of nitrogens with one attached hydrogen (secondary N) is 1. The summed E-state index contributed by atoms with van der Waals surface area (Å²) in [5.74, 6) is 0.685. The number of aliphatic hydroxyl groups excluding tert-OH is 1. The Bertz CT molecular complexity index is 702. The molecule has 0 bridgehead atoms. The van der Waals surface area contributed by atoms with Crippen LogP contribution in [-0.4, -0.2) is 39.5 Å². The molecule has 120 valence electrons. The SMILES string of the molecule is CC(C)Nc1nc2cc(Cl)c(Cl)cc2n1[C@@H]1CO[C@H](C)[C@H]1O. The molecule has 1 aliphatic rings. The molecular weight excluding hydrogens is 325 g/mol. The van der Waals surface area contributed by atoms with E-state index in [1.807, 2.05) is 25.3 Å². The van der Waals surface area contributed by atoms with Crippen LogP contribution in [0.15, 0.2) is 12.1 Å². The fraction of sp³-hybridized carbons (Fsp3) is 0.533. The van der Waals surface area contributed by atoms with Crippen molar-refractivity contribution in [1.29, 1.82) is 0 Å². The van der Waals surface area contributed by atoms with E-state index in [1.165, 1.54) is 0 Å². The first-order valence-corrected chi connectivity index (χ1v) is 8.07. The van der Waals surface area contributed by atoms with E-state index < -0.39 is 6.10 Å². The van der Waals surface area contributed by atoms with Crippen molar-refractivity contribution in [3.63, 3.8) is 0 Å². The van der Waals surface area contributed by atoms with Crippen molar-refractivity contribution in [2.24, 2.45) is 0 Å². The van der Waals surface area contributed by atoms with Crippen molar-refractivity contribution < 1.29 is 9.84 Å². The molecule has 0 aliphatic carbocycles. The molecule has 1 aromatic carbocycles. The smallest absolute Gasteiger partial charge is 0.204 e. The first-order valence-electron chi connectivity index (χ1n) is 7.31. The van der Waals surface area contributed by atoms with Crippen LogP contribution in [-0.2, 0) is 4.74 Å². The minimum atomic E-state index is -0.598. The normalized spacial score (nSPS) is 25.3. The van der Waals surface area contributed by atoms with Gasteiger partial charge in [0.05, 0.1) is 39.8 Å². The molecular formula is C15H19Cl2N3O2. The van der Waals surface area contributed by atoms with E-state index in [0.717, 1.165) is 11.0 Å². The Morgan fingerprint density at radius 2 is 2.05 bits per heavy atom. The third kappa shape index (κ3) is 2.67. The van der Waals surface area contributed by atoms with Gasteiger partial charge in [0.1, 0.15) is 6.10 Å². The van der Waals surface area contributed by atoms with Crippen LogP contribution in [0.3, 0.4) is 0 Å². The number of rotatable bonds is 3. The number of halogens is 2. The van der Waals surface area contributed by atoms with Crippen molar-refractivity contribution >= 4 is 40.2 Å². The Balaban J connectivity index is 2.18. The van der Waals surface area contributed by atoms with Crippen molar-refractivity contribution in [2.75, 3.05) is 11.9 Å². The second kappa shape index (κ2) is 5.89. The van der Waals surface area contributed by atoms with Gasteiger partial charge < -0.3 is 19.7 Å². The molecule has 2 N–H and O–H groups in total. The highest BCUT2D eigenvalue weighted by molar-refractivity contribution is 6.42. The third-order valence-corrected chi connectivity index (χ3v) is 4.61. The van der Waals surface area contributed by atoms with E-state index >= 15 is 0 Å². The van der Waals surface area contributed by atoms with Crippen molar-refractivity contribution in [3.8, 4) is 0 Å². The van der Waals surface area contributed by atoms with E-state index in [0.29, 0.717) is 22.6 Å². The van der Waals surface area contributed by atoms with Gasteiger partial charge in [-0.1, -0.05) is 23.2 Å². The van der Waals surface area contributed by atoms with E-state index in [1.54, 1.807) is 12.1 Å². The molecule has 3 atom stereocenters. The predicted molar refractivity (Wildman–Crippen MR) is 89.0 cm³/mol. The molecule has 2 aromatic rings. The van der Waals surface area contributed by atoms with Crippen LogP contribution in [0.5, 0.6) is 0 Å². The largest absolute Gasteiger partial charge is 0.388 e. The molecule has 1 aromatic heterocycles. The number of fused-ring (bicyclic) bond motifs is 1. The lowest BCUT2D eigenvalue weighted by Crippen LogP contribution is -2.28. The molecule has 0 unspecified atom stereocenters. The highest BCUT2D eigenvalue weighted by Gasteiger charge is 2.36. The summed E-state index contributed by atoms with van der Waals surface area (Å²) in [5.41, 5.74) is 1.57. The molecule has 0 saturated carbocycles. The summed E-state index contributed by atoms with van der Waals surface area (Å²) in [4.78, 5) is 4.60. The van der Waals surface area contributed by atoms with Gasteiger partial charge in [-0.3, -0.25) is 0 Å². The van der Waals surface area contributed by atoms with Crippen LogP contribution in [0.4, 0.5) is 5.95 Å². The maximum absolute atomic E-state index is 10.4. The summed E-state index contributed by atoms with van der Waals surface area (Å²) in [6, 6.07) is 3.53. The zero-order valence-corrected chi connectivity index (χ0v) is 14.2. The minimum Gasteiger partial charge on any atom is -0.388 e. The number of ether oxygens (including phenoxy) is 1. The van der Waals surface area contributed by atoms with E-state index in [2.05, 4.69) is 10.3 Å². The van der Waals surface area contributed by atoms with Gasteiger partial charge in [0.25, 0.3) is 0 Å². The molecule has 0 spiro atoms. The molecule has 0 radical (unpaired) electrons. The van der Waals surface area contributed by atoms with Crippen LogP contribution >= 0.6 is 23.2 Å². The monoisotopic (exact) mass is 343 g/mol. The second-order valence-corrected chi connectivity index (χ2v) is 6.77. The lowest BCUT2D eigenvalue weighted by atomic mass is 10.1. The number of aliphatic hydroxyl groups is 1. The zero-order valence-electron chi connectivity index (χ0n) is 12.7. The summed E-state index contributed by atoms with van der Waals surface area (Å²) < 4.78 is 7.54. The topological polar surface area (TPSA) is 59.3 Å². The van der Waals surface area contributed by atoms with Crippen LogP contribution in [0.25, 0.3) is 11.0 Å². The molecule has 22 heavy (non-hydrogen) atoms. The van der Waals surface area contributed by atoms with Gasteiger partial charge in [0.2, 0.25) is 5.95 Å². The number of hydrogen-bond donors (Lipinski definition) is 2. The van der Waals surface area contributed by atoms with E-state index in [9.17, 15) is 5.11 Å². The fourth-order valence-corrected chi connectivity index (χ4v) is 3.09. The lowest BCUT2D eigenvalue weighted by molar-refractivity contribution is 0.0524. The number of nitrogens with zero attached hydrogens (tertiary/aromatic N) is 2. The Morgan fingerprint density at radius 1 is 1.36 bits per heavy atom. The minimum absolute atomic E-state index is 0.207. The molecule has 3 rings (SSSR count). The maximum atomic E-state index is 10.4. The summed E-state index contributed by atoms with van der Waals surface area (Å²) in [7, 11) is 0. The average Bonchev–Trinajstić information content (AvgIpc) is 2.92. The van der Waals surface area contributed by atoms with Gasteiger partial charge in [0, 0.05) is 6.04 Å². The first-order chi connectivity index (χ1) is 10.4. The van der Waals surface area contributed by atoms with Gasteiger partial charge in [-0.15, -0.1) is 0 Å². The number of aromatic nitrogens is 2. The van der Waals surface area contributed by atoms with Crippen LogP contribution < -0.4 is 5.32 Å². The van der Waals surface area contributed by atoms with Crippen LogP contribution in [0, 0.1) is 0 Å². The van der Waals surface area contributed by atoms with Gasteiger partial charge in [-0.25, -0.2) is 4.98 Å². The molecule has 1 aliphatic heterocycles. The molecule has 1 fully saturated rings. The zero-order chi connectivity index (χ0) is 16.0. The molecule has 2 heterocycles. The van der Waals surface area contributed by atoms with Crippen molar-refractivity contribution in [3.05, 3.63) is 22.2 Å². The van der Waals surface area contributed by atoms with Gasteiger partial charge >= 0.3 is 0 Å². The third-order valence-electron chi connectivity index (χ3n) is 3.89. The standard InChI is InChI=1S/C15H19Cl2N3O2/c1-7(2)18-15-19-11-4-9(16)10(17)5-12(11)20(15)13-6-22-8(3)14(13)21/h4-5,7-8,13-14,21H,6H2,1-3H3,(H,18,19)/t8-,13-,14-/m1/s1. The van der Waals surface area contributed by atoms with Gasteiger partial charge in [-0.05, 0) is 32.9 Å². The van der Waals surface area contributed by atoms with E-state index in [4.69, 9.17) is 27.9 Å². The maximum Gasteiger partial charge on any atom is 0.204 e. The fourth-order valence-electron chi connectivity index (χ4n) is 2.77. The summed E-state index contributed by atoms with van der Waals surface area (Å²) in [6.45, 7) is 6.37.